The molecule has 3 aromatic rings. The van der Waals surface area contributed by atoms with E-state index >= 15 is 0 Å². The van der Waals surface area contributed by atoms with Gasteiger partial charge < -0.3 is 5.32 Å². The van der Waals surface area contributed by atoms with Gasteiger partial charge in [-0.2, -0.15) is 4.68 Å². The molecule has 0 atom stereocenters. The topological polar surface area (TPSA) is 85.6 Å². The average Bonchev–Trinajstić information content (AvgIpc) is 3.04. The molecule has 0 fully saturated rings. The zero-order valence-electron chi connectivity index (χ0n) is 12.1. The molecule has 1 amide bonds. The van der Waals surface area contributed by atoms with Gasteiger partial charge in [0.1, 0.15) is 11.6 Å². The number of anilines is 1. The first-order valence-corrected chi connectivity index (χ1v) is 8.07. The van der Waals surface area contributed by atoms with Gasteiger partial charge in [-0.15, -0.1) is 5.10 Å². The van der Waals surface area contributed by atoms with Crippen LogP contribution in [0.4, 0.5) is 10.2 Å². The summed E-state index contributed by atoms with van der Waals surface area (Å²) in [4.78, 5) is 15.9. The van der Waals surface area contributed by atoms with Crippen molar-refractivity contribution < 1.29 is 9.18 Å². The van der Waals surface area contributed by atoms with Crippen molar-refractivity contribution in [1.82, 2.24) is 25.2 Å². The fraction of sp³-hybridized carbons (Fsp3) is 0.0714. The van der Waals surface area contributed by atoms with E-state index in [1.165, 1.54) is 23.0 Å². The molecule has 0 aliphatic rings. The highest BCUT2D eigenvalue weighted by Gasteiger charge is 2.12. The van der Waals surface area contributed by atoms with Crippen molar-refractivity contribution in [2.45, 2.75) is 5.16 Å². The maximum atomic E-state index is 13.3. The molecule has 0 radical (unpaired) electrons. The molecule has 10 heteroatoms. The van der Waals surface area contributed by atoms with Crippen LogP contribution in [0, 0.1) is 5.82 Å². The second-order valence-corrected chi connectivity index (χ2v) is 5.93. The van der Waals surface area contributed by atoms with Gasteiger partial charge >= 0.3 is 0 Å². The van der Waals surface area contributed by atoms with Gasteiger partial charge in [-0.05, 0) is 40.8 Å². The molecule has 7 nitrogen and oxygen atoms in total. The Labute approximate surface area is 145 Å². The second kappa shape index (κ2) is 7.37. The van der Waals surface area contributed by atoms with Crippen molar-refractivity contribution >= 4 is 35.1 Å². The second-order valence-electron chi connectivity index (χ2n) is 4.55. The molecule has 0 saturated heterocycles. The first-order chi connectivity index (χ1) is 11.6. The number of benzene rings is 1. The van der Waals surface area contributed by atoms with Crippen LogP contribution >= 0.6 is 23.4 Å². The van der Waals surface area contributed by atoms with Crippen molar-refractivity contribution in [3.63, 3.8) is 0 Å². The third kappa shape index (κ3) is 4.06. The van der Waals surface area contributed by atoms with Crippen LogP contribution in [0.25, 0.3) is 5.69 Å². The lowest BCUT2D eigenvalue weighted by atomic mass is 10.3. The lowest BCUT2D eigenvalue weighted by Crippen LogP contribution is -2.15. The van der Waals surface area contributed by atoms with E-state index in [1.807, 2.05) is 0 Å². The van der Waals surface area contributed by atoms with Crippen molar-refractivity contribution in [3.8, 4) is 5.69 Å². The van der Waals surface area contributed by atoms with Gasteiger partial charge in [0.25, 0.3) is 0 Å². The molecule has 0 spiro atoms. The van der Waals surface area contributed by atoms with E-state index < -0.39 is 5.82 Å². The normalized spacial score (nSPS) is 10.6. The predicted octanol–water partition coefficient (Wildman–Crippen LogP) is 2.58. The smallest absolute Gasteiger partial charge is 0.236 e. The van der Waals surface area contributed by atoms with Crippen molar-refractivity contribution in [1.29, 1.82) is 0 Å². The number of aromatic nitrogens is 5. The molecular weight excluding hydrogens is 355 g/mol. The number of carbonyl (C=O) groups is 1. The fourth-order valence-electron chi connectivity index (χ4n) is 1.80. The molecule has 3 rings (SSSR count). The lowest BCUT2D eigenvalue weighted by Gasteiger charge is -2.05. The molecule has 2 heterocycles. The van der Waals surface area contributed by atoms with Crippen LogP contribution in [-0.2, 0) is 4.79 Å². The highest BCUT2D eigenvalue weighted by atomic mass is 35.5. The minimum atomic E-state index is -0.398. The molecular formula is C14H10ClFN6OS. The minimum Gasteiger partial charge on any atom is -0.310 e. The van der Waals surface area contributed by atoms with Crippen LogP contribution in [0.5, 0.6) is 0 Å². The summed E-state index contributed by atoms with van der Waals surface area (Å²) in [6, 6.07) is 9.08. The minimum absolute atomic E-state index is 0.0694. The number of halogens is 2. The molecule has 122 valence electrons. The summed E-state index contributed by atoms with van der Waals surface area (Å²) in [5.41, 5.74) is 0.474. The van der Waals surface area contributed by atoms with Gasteiger partial charge in [0.05, 0.1) is 16.5 Å². The third-order valence-corrected chi connectivity index (χ3v) is 3.96. The predicted molar refractivity (Wildman–Crippen MR) is 87.7 cm³/mol. The quantitative estimate of drug-likeness (QED) is 0.700. The van der Waals surface area contributed by atoms with Gasteiger partial charge in [0, 0.05) is 6.20 Å². The lowest BCUT2D eigenvalue weighted by molar-refractivity contribution is -0.113. The number of nitrogens with zero attached hydrogens (tertiary/aromatic N) is 5. The van der Waals surface area contributed by atoms with Crippen LogP contribution in [0.1, 0.15) is 0 Å². The third-order valence-electron chi connectivity index (χ3n) is 2.82. The average molecular weight is 365 g/mol. The number of pyridine rings is 1. The monoisotopic (exact) mass is 364 g/mol. The highest BCUT2D eigenvalue weighted by Crippen LogP contribution is 2.19. The van der Waals surface area contributed by atoms with Crippen molar-refractivity contribution in [2.75, 3.05) is 11.1 Å². The summed E-state index contributed by atoms with van der Waals surface area (Å²) in [5, 5.41) is 14.7. The Morgan fingerprint density at radius 1 is 1.33 bits per heavy atom. The Morgan fingerprint density at radius 2 is 2.21 bits per heavy atom. The molecule has 1 N–H and O–H groups in total. The largest absolute Gasteiger partial charge is 0.310 e. The number of hydrogen-bond donors (Lipinski definition) is 1. The number of rotatable bonds is 5. The summed E-state index contributed by atoms with van der Waals surface area (Å²) in [6.07, 6.45) is 1.44. The Balaban J connectivity index is 1.64. The van der Waals surface area contributed by atoms with Gasteiger partial charge in [-0.1, -0.05) is 29.4 Å². The van der Waals surface area contributed by atoms with Crippen LogP contribution in [0.3, 0.4) is 0 Å². The maximum absolute atomic E-state index is 13.3. The van der Waals surface area contributed by atoms with Gasteiger partial charge in [-0.3, -0.25) is 4.79 Å². The van der Waals surface area contributed by atoms with E-state index in [4.69, 9.17) is 11.6 Å². The van der Waals surface area contributed by atoms with Crippen molar-refractivity contribution in [3.05, 3.63) is 53.4 Å². The Bertz CT molecular complexity index is 856. The molecule has 2 aromatic heterocycles. The van der Waals surface area contributed by atoms with Gasteiger partial charge in [0.15, 0.2) is 0 Å². The van der Waals surface area contributed by atoms with E-state index in [-0.39, 0.29) is 11.7 Å². The summed E-state index contributed by atoms with van der Waals surface area (Å²) in [5.74, 6) is -0.205. The maximum Gasteiger partial charge on any atom is 0.236 e. The Kier molecular flexibility index (Phi) is 5.02. The van der Waals surface area contributed by atoms with Crippen LogP contribution in [0.2, 0.25) is 5.02 Å². The molecule has 1 aromatic carbocycles. The zero-order valence-corrected chi connectivity index (χ0v) is 13.6. The molecule has 0 unspecified atom stereocenters. The van der Waals surface area contributed by atoms with Gasteiger partial charge in [-0.25, -0.2) is 9.37 Å². The SMILES string of the molecule is O=C(CSc1nnnn1-c1cccc(F)c1)Nc1ccc(Cl)cn1. The first-order valence-electron chi connectivity index (χ1n) is 6.70. The van der Waals surface area contributed by atoms with E-state index in [2.05, 4.69) is 25.8 Å². The Hall–Kier alpha value is -2.52. The van der Waals surface area contributed by atoms with Crippen LogP contribution < -0.4 is 5.32 Å². The van der Waals surface area contributed by atoms with E-state index in [9.17, 15) is 9.18 Å². The number of thioether (sulfide) groups is 1. The zero-order chi connectivity index (χ0) is 16.9. The molecule has 0 bridgehead atoms. The van der Waals surface area contributed by atoms with E-state index in [0.717, 1.165) is 11.8 Å². The summed E-state index contributed by atoms with van der Waals surface area (Å²) in [6.45, 7) is 0. The molecule has 24 heavy (non-hydrogen) atoms. The number of nitrogens with one attached hydrogen (secondary N) is 1. The number of amides is 1. The van der Waals surface area contributed by atoms with Crippen molar-refractivity contribution in [2.24, 2.45) is 0 Å². The number of tetrazole rings is 1. The molecule has 0 saturated carbocycles. The first kappa shape index (κ1) is 16.3. The number of carbonyl (C=O) groups excluding carboxylic acids is 1. The van der Waals surface area contributed by atoms with Gasteiger partial charge in [0.2, 0.25) is 11.1 Å². The van der Waals surface area contributed by atoms with Crippen LogP contribution in [0.15, 0.2) is 47.8 Å². The van der Waals surface area contributed by atoms with E-state index in [1.54, 1.807) is 24.3 Å². The Morgan fingerprint density at radius 3 is 2.96 bits per heavy atom. The summed E-state index contributed by atoms with van der Waals surface area (Å²) >= 11 is 6.86. The van der Waals surface area contributed by atoms with E-state index in [0.29, 0.717) is 21.7 Å². The molecule has 0 aliphatic carbocycles. The molecule has 0 aliphatic heterocycles. The van der Waals surface area contributed by atoms with Crippen LogP contribution in [-0.4, -0.2) is 36.9 Å². The summed E-state index contributed by atoms with van der Waals surface area (Å²) in [7, 11) is 0. The highest BCUT2D eigenvalue weighted by molar-refractivity contribution is 7.99. The number of hydrogen-bond acceptors (Lipinski definition) is 6. The summed E-state index contributed by atoms with van der Waals surface area (Å²) < 4.78 is 14.7. The standard InChI is InChI=1S/C14H10ClFN6OS/c15-9-4-5-12(17-7-9)18-13(23)8-24-14-19-20-21-22(14)11-3-1-2-10(16)6-11/h1-7H,8H2,(H,17,18,23). The fourth-order valence-corrected chi connectivity index (χ4v) is 2.60.